The monoisotopic (exact) mass is 335 g/mol. The molecule has 2 heterocycles. The van der Waals surface area contributed by atoms with E-state index >= 15 is 0 Å². The summed E-state index contributed by atoms with van der Waals surface area (Å²) in [4.78, 5) is 19.8. The highest BCUT2D eigenvalue weighted by Gasteiger charge is 2.31. The second-order valence-electron chi connectivity index (χ2n) is 5.57. The van der Waals surface area contributed by atoms with E-state index in [4.69, 9.17) is 0 Å². The molecule has 4 nitrogen and oxygen atoms in total. The van der Waals surface area contributed by atoms with Gasteiger partial charge in [0, 0.05) is 44.3 Å². The molecule has 24 heavy (non-hydrogen) atoms. The molecule has 0 unspecified atom stereocenters. The molecule has 0 radical (unpaired) electrons. The predicted octanol–water partition coefficient (Wildman–Crippen LogP) is 3.06. The van der Waals surface area contributed by atoms with Crippen molar-refractivity contribution in [1.82, 2.24) is 9.88 Å². The molecular weight excluding hydrogens is 319 g/mol. The van der Waals surface area contributed by atoms with E-state index in [-0.39, 0.29) is 5.91 Å². The summed E-state index contributed by atoms with van der Waals surface area (Å²) in [5.41, 5.74) is 0.386. The highest BCUT2D eigenvalue weighted by atomic mass is 19.4. The first-order valence-corrected chi connectivity index (χ1v) is 7.56. The minimum atomic E-state index is -4.35. The maximum absolute atomic E-state index is 12.8. The van der Waals surface area contributed by atoms with Crippen LogP contribution in [-0.4, -0.2) is 42.0 Å². The number of alkyl halides is 3. The van der Waals surface area contributed by atoms with E-state index in [1.807, 2.05) is 4.90 Å². The highest BCUT2D eigenvalue weighted by Crippen LogP contribution is 2.31. The number of amides is 1. The van der Waals surface area contributed by atoms with Gasteiger partial charge in [-0.05, 0) is 30.3 Å². The first kappa shape index (κ1) is 16.3. The minimum Gasteiger partial charge on any atom is -0.368 e. The third kappa shape index (κ3) is 3.50. The molecule has 0 N–H and O–H groups in total. The fourth-order valence-electron chi connectivity index (χ4n) is 2.72. The maximum Gasteiger partial charge on any atom is 0.416 e. The highest BCUT2D eigenvalue weighted by molar-refractivity contribution is 5.94. The van der Waals surface area contributed by atoms with Crippen molar-refractivity contribution in [2.75, 3.05) is 31.1 Å². The number of anilines is 1. The van der Waals surface area contributed by atoms with Gasteiger partial charge in [-0.25, -0.2) is 0 Å². The van der Waals surface area contributed by atoms with E-state index < -0.39 is 11.7 Å². The van der Waals surface area contributed by atoms with Crippen LogP contribution in [0.3, 0.4) is 0 Å². The minimum absolute atomic E-state index is 0.105. The van der Waals surface area contributed by atoms with Crippen molar-refractivity contribution < 1.29 is 18.0 Å². The van der Waals surface area contributed by atoms with Crippen LogP contribution in [0.5, 0.6) is 0 Å². The van der Waals surface area contributed by atoms with Gasteiger partial charge in [-0.15, -0.1) is 0 Å². The van der Waals surface area contributed by atoms with Gasteiger partial charge in [-0.2, -0.15) is 13.2 Å². The Kier molecular flexibility index (Phi) is 4.42. The lowest BCUT2D eigenvalue weighted by atomic mass is 10.1. The van der Waals surface area contributed by atoms with Crippen LogP contribution in [0.15, 0.2) is 48.8 Å². The fraction of sp³-hybridized carbons (Fsp3) is 0.294. The molecular formula is C17H16F3N3O. The molecule has 126 valence electrons. The molecule has 1 aromatic carbocycles. The molecule has 1 saturated heterocycles. The second kappa shape index (κ2) is 6.51. The van der Waals surface area contributed by atoms with Crippen molar-refractivity contribution in [2.24, 2.45) is 0 Å². The standard InChI is InChI=1S/C17H16F3N3O/c18-17(19,20)14-4-1-5-15(11-14)22-7-9-23(10-8-22)16(24)13-3-2-6-21-12-13/h1-6,11-12H,7-10H2. The number of hydrogen-bond donors (Lipinski definition) is 0. The summed E-state index contributed by atoms with van der Waals surface area (Å²) in [6, 6.07) is 8.68. The molecule has 1 aromatic heterocycles. The topological polar surface area (TPSA) is 36.4 Å². The molecule has 1 aliphatic heterocycles. The predicted molar refractivity (Wildman–Crippen MR) is 83.8 cm³/mol. The van der Waals surface area contributed by atoms with Crippen LogP contribution in [0.1, 0.15) is 15.9 Å². The van der Waals surface area contributed by atoms with Crippen molar-refractivity contribution in [1.29, 1.82) is 0 Å². The number of nitrogens with zero attached hydrogens (tertiary/aromatic N) is 3. The molecule has 0 aliphatic carbocycles. The van der Waals surface area contributed by atoms with Gasteiger partial charge in [0.1, 0.15) is 0 Å². The number of benzene rings is 1. The van der Waals surface area contributed by atoms with Crippen molar-refractivity contribution in [2.45, 2.75) is 6.18 Å². The van der Waals surface area contributed by atoms with E-state index in [9.17, 15) is 18.0 Å². The van der Waals surface area contributed by atoms with E-state index in [2.05, 4.69) is 4.98 Å². The first-order chi connectivity index (χ1) is 11.4. The van der Waals surface area contributed by atoms with E-state index in [0.717, 1.165) is 12.1 Å². The van der Waals surface area contributed by atoms with E-state index in [1.165, 1.54) is 12.3 Å². The van der Waals surface area contributed by atoms with Gasteiger partial charge in [0.25, 0.3) is 5.91 Å². The zero-order chi connectivity index (χ0) is 17.2. The average molecular weight is 335 g/mol. The zero-order valence-electron chi connectivity index (χ0n) is 12.8. The van der Waals surface area contributed by atoms with Crippen molar-refractivity contribution in [3.63, 3.8) is 0 Å². The van der Waals surface area contributed by atoms with Gasteiger partial charge in [0.05, 0.1) is 11.1 Å². The maximum atomic E-state index is 12.8. The SMILES string of the molecule is O=C(c1cccnc1)N1CCN(c2cccc(C(F)(F)F)c2)CC1. The molecule has 1 aliphatic rings. The Balaban J connectivity index is 1.66. The number of halogens is 3. The van der Waals surface area contributed by atoms with Crippen LogP contribution < -0.4 is 4.90 Å². The van der Waals surface area contributed by atoms with Crippen LogP contribution in [0.2, 0.25) is 0 Å². The van der Waals surface area contributed by atoms with Gasteiger partial charge in [0.15, 0.2) is 0 Å². The molecule has 0 atom stereocenters. The van der Waals surface area contributed by atoms with Gasteiger partial charge in [-0.1, -0.05) is 6.07 Å². The summed E-state index contributed by atoms with van der Waals surface area (Å²) in [6.07, 6.45) is -1.24. The number of carbonyl (C=O) groups excluding carboxylic acids is 1. The molecule has 3 rings (SSSR count). The normalized spacial score (nSPS) is 15.5. The summed E-state index contributed by atoms with van der Waals surface area (Å²) in [6.45, 7) is 1.91. The Morgan fingerprint density at radius 1 is 1.04 bits per heavy atom. The Morgan fingerprint density at radius 2 is 1.79 bits per heavy atom. The largest absolute Gasteiger partial charge is 0.416 e. The lowest BCUT2D eigenvalue weighted by Gasteiger charge is -2.36. The Labute approximate surface area is 137 Å². The van der Waals surface area contributed by atoms with E-state index in [0.29, 0.717) is 37.4 Å². The lowest BCUT2D eigenvalue weighted by Crippen LogP contribution is -2.48. The molecule has 7 heteroatoms. The zero-order valence-corrected chi connectivity index (χ0v) is 12.8. The van der Waals surface area contributed by atoms with Crippen molar-refractivity contribution >= 4 is 11.6 Å². The summed E-state index contributed by atoms with van der Waals surface area (Å²) < 4.78 is 38.4. The summed E-state index contributed by atoms with van der Waals surface area (Å²) >= 11 is 0. The fourth-order valence-corrected chi connectivity index (χ4v) is 2.72. The van der Waals surface area contributed by atoms with Gasteiger partial charge >= 0.3 is 6.18 Å². The number of carbonyl (C=O) groups is 1. The summed E-state index contributed by atoms with van der Waals surface area (Å²) in [5.74, 6) is -0.105. The van der Waals surface area contributed by atoms with E-state index in [1.54, 1.807) is 29.3 Å². The molecule has 2 aromatic rings. The molecule has 1 amide bonds. The Bertz CT molecular complexity index is 711. The van der Waals surface area contributed by atoms with Crippen LogP contribution >= 0.6 is 0 Å². The van der Waals surface area contributed by atoms with Crippen LogP contribution in [-0.2, 0) is 6.18 Å². The van der Waals surface area contributed by atoms with Crippen molar-refractivity contribution in [3.8, 4) is 0 Å². The Hall–Kier alpha value is -2.57. The lowest BCUT2D eigenvalue weighted by molar-refractivity contribution is -0.137. The average Bonchev–Trinajstić information content (AvgIpc) is 2.61. The van der Waals surface area contributed by atoms with Gasteiger partial charge in [0.2, 0.25) is 0 Å². The molecule has 1 fully saturated rings. The van der Waals surface area contributed by atoms with Crippen LogP contribution in [0.25, 0.3) is 0 Å². The number of rotatable bonds is 2. The smallest absolute Gasteiger partial charge is 0.368 e. The number of pyridine rings is 1. The number of aromatic nitrogens is 1. The summed E-state index contributed by atoms with van der Waals surface area (Å²) in [7, 11) is 0. The number of piperazine rings is 1. The second-order valence-corrected chi connectivity index (χ2v) is 5.57. The molecule has 0 bridgehead atoms. The Morgan fingerprint density at radius 3 is 2.42 bits per heavy atom. The van der Waals surface area contributed by atoms with Crippen LogP contribution in [0, 0.1) is 0 Å². The molecule has 0 saturated carbocycles. The first-order valence-electron chi connectivity index (χ1n) is 7.56. The third-order valence-corrected chi connectivity index (χ3v) is 4.01. The van der Waals surface area contributed by atoms with Gasteiger partial charge < -0.3 is 9.80 Å². The summed E-state index contributed by atoms with van der Waals surface area (Å²) in [5, 5.41) is 0. The van der Waals surface area contributed by atoms with Gasteiger partial charge in [-0.3, -0.25) is 9.78 Å². The number of hydrogen-bond acceptors (Lipinski definition) is 3. The van der Waals surface area contributed by atoms with Crippen LogP contribution in [0.4, 0.5) is 18.9 Å². The third-order valence-electron chi connectivity index (χ3n) is 4.01. The van der Waals surface area contributed by atoms with Crippen molar-refractivity contribution in [3.05, 3.63) is 59.9 Å². The quantitative estimate of drug-likeness (QED) is 0.846. The molecule has 0 spiro atoms.